The summed E-state index contributed by atoms with van der Waals surface area (Å²) in [5.41, 5.74) is -0.128. The fourth-order valence-corrected chi connectivity index (χ4v) is 2.96. The summed E-state index contributed by atoms with van der Waals surface area (Å²) in [6, 6.07) is 6.26. The van der Waals surface area contributed by atoms with Crippen LogP contribution < -0.4 is 15.6 Å². The number of carbonyl (C=O) groups excluding carboxylic acids is 1. The summed E-state index contributed by atoms with van der Waals surface area (Å²) in [7, 11) is 1.50. The average molecular weight is 342 g/mol. The summed E-state index contributed by atoms with van der Waals surface area (Å²) in [5.74, 6) is 1.03. The van der Waals surface area contributed by atoms with E-state index in [1.807, 2.05) is 0 Å². The number of aryl methyl sites for hydroxylation is 1. The summed E-state index contributed by atoms with van der Waals surface area (Å²) in [4.78, 5) is 27.9. The number of carbonyl (C=O) groups is 1. The van der Waals surface area contributed by atoms with Crippen LogP contribution in [0.25, 0.3) is 0 Å². The van der Waals surface area contributed by atoms with Gasteiger partial charge in [0, 0.05) is 19.3 Å². The summed E-state index contributed by atoms with van der Waals surface area (Å²) < 4.78 is 7.02. The van der Waals surface area contributed by atoms with Crippen LogP contribution in [0.3, 0.4) is 0 Å². The van der Waals surface area contributed by atoms with Gasteiger partial charge in [-0.3, -0.25) is 9.59 Å². The zero-order valence-corrected chi connectivity index (χ0v) is 14.3. The van der Waals surface area contributed by atoms with Gasteiger partial charge < -0.3 is 10.1 Å². The molecule has 3 rings (SSSR count). The Morgan fingerprint density at radius 1 is 1.28 bits per heavy atom. The van der Waals surface area contributed by atoms with Gasteiger partial charge in [-0.15, -0.1) is 0 Å². The van der Waals surface area contributed by atoms with E-state index in [0.717, 1.165) is 4.68 Å². The lowest BCUT2D eigenvalue weighted by molar-refractivity contribution is 0.101. The predicted octanol–water partition coefficient (Wildman–Crippen LogP) is 2.39. The second kappa shape index (κ2) is 7.92. The minimum atomic E-state index is -0.434. The van der Waals surface area contributed by atoms with Crippen molar-refractivity contribution in [2.75, 3.05) is 11.9 Å². The van der Waals surface area contributed by atoms with Crippen molar-refractivity contribution < 1.29 is 9.53 Å². The van der Waals surface area contributed by atoms with Crippen LogP contribution in [0.2, 0.25) is 0 Å². The SMILES string of the molecule is Cn1nc(C(=O)Nc2ncccc2OCC2CCCCC2)ccc1=O. The van der Waals surface area contributed by atoms with Crippen LogP contribution in [-0.4, -0.2) is 27.3 Å². The van der Waals surface area contributed by atoms with Crippen molar-refractivity contribution in [1.29, 1.82) is 0 Å². The van der Waals surface area contributed by atoms with Gasteiger partial charge in [-0.05, 0) is 37.0 Å². The Labute approximate surface area is 146 Å². The quantitative estimate of drug-likeness (QED) is 0.901. The van der Waals surface area contributed by atoms with E-state index >= 15 is 0 Å². The Hall–Kier alpha value is -2.70. The number of hydrogen-bond acceptors (Lipinski definition) is 5. The van der Waals surface area contributed by atoms with E-state index in [1.54, 1.807) is 18.3 Å². The van der Waals surface area contributed by atoms with E-state index in [-0.39, 0.29) is 11.3 Å². The highest BCUT2D eigenvalue weighted by molar-refractivity contribution is 6.02. The zero-order chi connectivity index (χ0) is 17.6. The molecule has 0 bridgehead atoms. The smallest absolute Gasteiger partial charge is 0.277 e. The average Bonchev–Trinajstić information content (AvgIpc) is 2.64. The highest BCUT2D eigenvalue weighted by Gasteiger charge is 2.17. The summed E-state index contributed by atoms with van der Waals surface area (Å²) in [6.07, 6.45) is 7.77. The molecule has 1 N–H and O–H groups in total. The molecule has 2 aromatic rings. The van der Waals surface area contributed by atoms with Crippen molar-refractivity contribution in [3.8, 4) is 5.75 Å². The van der Waals surface area contributed by atoms with Gasteiger partial charge in [0.15, 0.2) is 11.6 Å². The van der Waals surface area contributed by atoms with E-state index in [2.05, 4.69) is 15.4 Å². The number of nitrogens with zero attached hydrogens (tertiary/aromatic N) is 3. The lowest BCUT2D eigenvalue weighted by Gasteiger charge is -2.22. The van der Waals surface area contributed by atoms with Crippen LogP contribution in [0.5, 0.6) is 5.75 Å². The lowest BCUT2D eigenvalue weighted by Crippen LogP contribution is -2.24. The molecule has 2 aromatic heterocycles. The van der Waals surface area contributed by atoms with Crippen molar-refractivity contribution in [1.82, 2.24) is 14.8 Å². The van der Waals surface area contributed by atoms with Gasteiger partial charge in [0.25, 0.3) is 11.5 Å². The van der Waals surface area contributed by atoms with Gasteiger partial charge in [-0.25, -0.2) is 9.67 Å². The van der Waals surface area contributed by atoms with Crippen LogP contribution in [-0.2, 0) is 7.05 Å². The molecule has 0 atom stereocenters. The van der Waals surface area contributed by atoms with Gasteiger partial charge in [0.05, 0.1) is 6.61 Å². The maximum atomic E-state index is 12.4. The fraction of sp³-hybridized carbons (Fsp3) is 0.444. The number of amides is 1. The number of aromatic nitrogens is 3. The summed E-state index contributed by atoms with van der Waals surface area (Å²) >= 11 is 0. The van der Waals surface area contributed by atoms with E-state index < -0.39 is 5.91 Å². The summed E-state index contributed by atoms with van der Waals surface area (Å²) in [5, 5.41) is 6.65. The number of anilines is 1. The number of nitrogens with one attached hydrogen (secondary N) is 1. The second-order valence-corrected chi connectivity index (χ2v) is 6.30. The Kier molecular flexibility index (Phi) is 5.42. The Balaban J connectivity index is 1.68. The number of ether oxygens (including phenoxy) is 1. The largest absolute Gasteiger partial charge is 0.489 e. The third-order valence-corrected chi connectivity index (χ3v) is 4.40. The standard InChI is InChI=1S/C18H22N4O3/c1-22-16(23)10-9-14(21-22)18(24)20-17-15(8-5-11-19-17)25-12-13-6-3-2-4-7-13/h5,8-11,13H,2-4,6-7,12H2,1H3,(H,19,20,24). The molecule has 7 nitrogen and oxygen atoms in total. The van der Waals surface area contributed by atoms with Gasteiger partial charge in [0.1, 0.15) is 5.69 Å². The number of rotatable bonds is 5. The summed E-state index contributed by atoms with van der Waals surface area (Å²) in [6.45, 7) is 0.632. The molecule has 7 heteroatoms. The first kappa shape index (κ1) is 17.1. The molecule has 0 aliphatic heterocycles. The molecule has 2 heterocycles. The molecule has 1 saturated carbocycles. The predicted molar refractivity (Wildman–Crippen MR) is 93.7 cm³/mol. The Morgan fingerprint density at radius 2 is 2.08 bits per heavy atom. The van der Waals surface area contributed by atoms with Gasteiger partial charge in [-0.1, -0.05) is 19.3 Å². The number of hydrogen-bond donors (Lipinski definition) is 1. The van der Waals surface area contributed by atoms with Gasteiger partial charge in [-0.2, -0.15) is 5.10 Å². The van der Waals surface area contributed by atoms with Crippen LogP contribution in [0.4, 0.5) is 5.82 Å². The molecule has 0 spiro atoms. The van der Waals surface area contributed by atoms with Crippen LogP contribution >= 0.6 is 0 Å². The molecular weight excluding hydrogens is 320 g/mol. The molecule has 1 fully saturated rings. The topological polar surface area (TPSA) is 86.1 Å². The van der Waals surface area contributed by atoms with E-state index in [1.165, 1.54) is 51.3 Å². The molecule has 0 unspecified atom stereocenters. The maximum Gasteiger partial charge on any atom is 0.277 e. The van der Waals surface area contributed by atoms with E-state index in [4.69, 9.17) is 4.74 Å². The van der Waals surface area contributed by atoms with Crippen molar-refractivity contribution in [2.45, 2.75) is 32.1 Å². The Morgan fingerprint density at radius 3 is 2.84 bits per heavy atom. The highest BCUT2D eigenvalue weighted by Crippen LogP contribution is 2.27. The minimum Gasteiger partial charge on any atom is -0.489 e. The molecular formula is C18H22N4O3. The normalized spacial score (nSPS) is 14.9. The molecule has 132 valence electrons. The van der Waals surface area contributed by atoms with Crippen LogP contribution in [0, 0.1) is 5.92 Å². The monoisotopic (exact) mass is 342 g/mol. The van der Waals surface area contributed by atoms with Crippen LogP contribution in [0.15, 0.2) is 35.3 Å². The molecule has 1 amide bonds. The number of pyridine rings is 1. The second-order valence-electron chi connectivity index (χ2n) is 6.30. The highest BCUT2D eigenvalue weighted by atomic mass is 16.5. The molecule has 1 aliphatic carbocycles. The first-order valence-corrected chi connectivity index (χ1v) is 8.57. The first-order valence-electron chi connectivity index (χ1n) is 8.57. The molecule has 0 radical (unpaired) electrons. The van der Waals surface area contributed by atoms with Gasteiger partial charge in [0.2, 0.25) is 0 Å². The first-order chi connectivity index (χ1) is 12.1. The minimum absolute atomic E-state index is 0.144. The third kappa shape index (κ3) is 4.43. The Bertz CT molecular complexity index is 797. The zero-order valence-electron chi connectivity index (χ0n) is 14.3. The van der Waals surface area contributed by atoms with E-state index in [0.29, 0.717) is 24.1 Å². The third-order valence-electron chi connectivity index (χ3n) is 4.40. The fourth-order valence-electron chi connectivity index (χ4n) is 2.96. The maximum absolute atomic E-state index is 12.4. The molecule has 1 aliphatic rings. The van der Waals surface area contributed by atoms with Crippen molar-refractivity contribution in [3.05, 3.63) is 46.5 Å². The van der Waals surface area contributed by atoms with Gasteiger partial charge >= 0.3 is 0 Å². The van der Waals surface area contributed by atoms with E-state index in [9.17, 15) is 9.59 Å². The van der Waals surface area contributed by atoms with Crippen molar-refractivity contribution >= 4 is 11.7 Å². The van der Waals surface area contributed by atoms with Crippen molar-refractivity contribution in [3.63, 3.8) is 0 Å². The molecule has 0 aromatic carbocycles. The molecule has 25 heavy (non-hydrogen) atoms. The van der Waals surface area contributed by atoms with Crippen LogP contribution in [0.1, 0.15) is 42.6 Å². The van der Waals surface area contributed by atoms with Crippen molar-refractivity contribution in [2.24, 2.45) is 13.0 Å². The lowest BCUT2D eigenvalue weighted by atomic mass is 9.90. The molecule has 0 saturated heterocycles.